The molecule has 0 aliphatic carbocycles. The van der Waals surface area contributed by atoms with Gasteiger partial charge in [-0.15, -0.1) is 11.8 Å². The van der Waals surface area contributed by atoms with E-state index in [1.54, 1.807) is 0 Å². The molecule has 0 spiro atoms. The number of thioether (sulfide) groups is 1. The van der Waals surface area contributed by atoms with Gasteiger partial charge in [-0.05, 0) is 16.7 Å². The number of methoxy groups -OCH3 is 1. The van der Waals surface area contributed by atoms with Crippen LogP contribution in [0.2, 0.25) is 0 Å². The van der Waals surface area contributed by atoms with Gasteiger partial charge in [0.15, 0.2) is 6.10 Å². The summed E-state index contributed by atoms with van der Waals surface area (Å²) >= 11 is 1.28. The molecule has 2 aliphatic rings. The maximum absolute atomic E-state index is 13.7. The second-order valence-corrected chi connectivity index (χ2v) is 10.1. The van der Waals surface area contributed by atoms with Crippen molar-refractivity contribution in [1.82, 2.24) is 10.2 Å². The third-order valence-electron chi connectivity index (χ3n) is 6.55. The van der Waals surface area contributed by atoms with Crippen LogP contribution >= 0.6 is 11.8 Å². The quantitative estimate of drug-likeness (QED) is 0.344. The summed E-state index contributed by atoms with van der Waals surface area (Å²) in [4.78, 5) is 53.5. The molecule has 39 heavy (non-hydrogen) atoms. The van der Waals surface area contributed by atoms with Gasteiger partial charge < -0.3 is 14.8 Å². The predicted molar refractivity (Wildman–Crippen MR) is 145 cm³/mol. The number of hydrogen-bond donors (Lipinski definition) is 1. The van der Waals surface area contributed by atoms with Crippen LogP contribution in [-0.4, -0.2) is 52.9 Å². The highest BCUT2D eigenvalue weighted by atomic mass is 32.2. The fourth-order valence-corrected chi connectivity index (χ4v) is 5.97. The summed E-state index contributed by atoms with van der Waals surface area (Å²) in [5, 5.41) is 2.23. The van der Waals surface area contributed by atoms with Crippen molar-refractivity contribution in [3.05, 3.63) is 119 Å². The Hall–Kier alpha value is -4.37. The molecule has 8 nitrogen and oxygen atoms in total. The second-order valence-electron chi connectivity index (χ2n) is 9.04. The molecule has 2 aliphatic heterocycles. The topological polar surface area (TPSA) is 102 Å². The van der Waals surface area contributed by atoms with E-state index in [0.29, 0.717) is 0 Å². The number of amides is 2. The fourth-order valence-electron chi connectivity index (χ4n) is 4.64. The minimum Gasteiger partial charge on any atom is -0.466 e. The first-order valence-corrected chi connectivity index (χ1v) is 13.4. The number of benzene rings is 3. The van der Waals surface area contributed by atoms with Gasteiger partial charge in [0.25, 0.3) is 5.91 Å². The van der Waals surface area contributed by atoms with Gasteiger partial charge in [0, 0.05) is 5.75 Å². The number of nitrogens with zero attached hydrogens (tertiary/aromatic N) is 1. The second kappa shape index (κ2) is 11.6. The Morgan fingerprint density at radius 1 is 0.897 bits per heavy atom. The van der Waals surface area contributed by atoms with Crippen molar-refractivity contribution >= 4 is 35.5 Å². The van der Waals surface area contributed by atoms with E-state index in [2.05, 4.69) is 5.32 Å². The Kier molecular flexibility index (Phi) is 7.79. The molecule has 1 N–H and O–H groups in total. The molecular weight excluding hydrogens is 516 g/mol. The van der Waals surface area contributed by atoms with Crippen molar-refractivity contribution < 1.29 is 28.7 Å². The van der Waals surface area contributed by atoms with Crippen LogP contribution in [-0.2, 0) is 35.1 Å². The summed E-state index contributed by atoms with van der Waals surface area (Å²) in [5.74, 6) is -2.20. The van der Waals surface area contributed by atoms with Crippen LogP contribution in [0.1, 0.15) is 22.8 Å². The van der Waals surface area contributed by atoms with E-state index in [4.69, 9.17) is 9.47 Å². The number of β-lactam (4-membered cyclic amide) rings is 1. The fraction of sp³-hybridized carbons (Fsp3) is 0.200. The molecule has 2 atom stereocenters. The maximum Gasteiger partial charge on any atom is 0.356 e. The van der Waals surface area contributed by atoms with E-state index < -0.39 is 35.4 Å². The number of rotatable bonds is 8. The van der Waals surface area contributed by atoms with Gasteiger partial charge in [-0.25, -0.2) is 9.59 Å². The zero-order chi connectivity index (χ0) is 27.4. The number of esters is 2. The van der Waals surface area contributed by atoms with Gasteiger partial charge in [-0.2, -0.15) is 0 Å². The summed E-state index contributed by atoms with van der Waals surface area (Å²) in [7, 11) is 1.22. The van der Waals surface area contributed by atoms with Gasteiger partial charge in [0.05, 0.1) is 19.1 Å². The number of nitrogens with one attached hydrogen (secondary N) is 1. The van der Waals surface area contributed by atoms with Crippen LogP contribution in [0.3, 0.4) is 0 Å². The Bertz CT molecular complexity index is 1370. The van der Waals surface area contributed by atoms with Crippen LogP contribution in [0, 0.1) is 0 Å². The molecule has 0 bridgehead atoms. The molecule has 0 aromatic heterocycles. The molecular formula is C30H26N2O6S. The highest BCUT2D eigenvalue weighted by Gasteiger charge is 2.55. The number of carbonyl (C=O) groups excluding carboxylic acids is 4. The molecule has 0 radical (unpaired) electrons. The zero-order valence-corrected chi connectivity index (χ0v) is 21.9. The lowest BCUT2D eigenvalue weighted by atomic mass is 10.0. The average Bonchev–Trinajstić information content (AvgIpc) is 2.98. The van der Waals surface area contributed by atoms with Crippen LogP contribution in [0.25, 0.3) is 0 Å². The third kappa shape index (κ3) is 5.44. The van der Waals surface area contributed by atoms with Crippen molar-refractivity contribution in [1.29, 1.82) is 0 Å². The van der Waals surface area contributed by atoms with Crippen LogP contribution in [0.15, 0.2) is 102 Å². The third-order valence-corrected chi connectivity index (χ3v) is 7.83. The highest BCUT2D eigenvalue weighted by molar-refractivity contribution is 8.00. The van der Waals surface area contributed by atoms with Crippen LogP contribution in [0.5, 0.6) is 0 Å². The summed E-state index contributed by atoms with van der Waals surface area (Å²) in [6.45, 7) is 0. The summed E-state index contributed by atoms with van der Waals surface area (Å²) < 4.78 is 10.9. The van der Waals surface area contributed by atoms with Gasteiger partial charge in [-0.3, -0.25) is 14.5 Å². The molecule has 1 saturated heterocycles. The van der Waals surface area contributed by atoms with E-state index in [1.807, 2.05) is 91.0 Å². The molecule has 2 heterocycles. The number of hydrogen-bond acceptors (Lipinski definition) is 7. The average molecular weight is 543 g/mol. The first-order chi connectivity index (χ1) is 19.0. The normalized spacial score (nSPS) is 18.2. The van der Waals surface area contributed by atoms with Crippen molar-refractivity contribution in [3.63, 3.8) is 0 Å². The van der Waals surface area contributed by atoms with Crippen LogP contribution < -0.4 is 5.32 Å². The van der Waals surface area contributed by atoms with E-state index >= 15 is 0 Å². The SMILES string of the molecule is COC(=O)C1=C(C(=O)OC(c2ccccc2)c2ccccc2)N2C(=O)C(NC(=O)Cc3ccccc3)[C@@H]2SC1. The Morgan fingerprint density at radius 2 is 1.46 bits per heavy atom. The lowest BCUT2D eigenvalue weighted by Gasteiger charge is -2.49. The summed E-state index contributed by atoms with van der Waals surface area (Å²) in [5.41, 5.74) is 2.19. The molecule has 1 unspecified atom stereocenters. The van der Waals surface area contributed by atoms with E-state index in [1.165, 1.54) is 23.8 Å². The minimum absolute atomic E-state index is 0.0473. The Morgan fingerprint density at radius 3 is 2.03 bits per heavy atom. The monoisotopic (exact) mass is 542 g/mol. The van der Waals surface area contributed by atoms with Gasteiger partial charge in [0.1, 0.15) is 17.1 Å². The first kappa shape index (κ1) is 26.2. The van der Waals surface area contributed by atoms with Crippen molar-refractivity contribution in [3.8, 4) is 0 Å². The van der Waals surface area contributed by atoms with Gasteiger partial charge in [-0.1, -0.05) is 91.0 Å². The maximum atomic E-state index is 13.7. The summed E-state index contributed by atoms with van der Waals surface area (Å²) in [6.07, 6.45) is -0.646. The zero-order valence-electron chi connectivity index (χ0n) is 21.1. The molecule has 198 valence electrons. The molecule has 3 aromatic carbocycles. The van der Waals surface area contributed by atoms with Crippen LogP contribution in [0.4, 0.5) is 0 Å². The molecule has 1 fully saturated rings. The first-order valence-electron chi connectivity index (χ1n) is 12.4. The van der Waals surface area contributed by atoms with Gasteiger partial charge >= 0.3 is 11.9 Å². The Labute approximate surface area is 230 Å². The van der Waals surface area contributed by atoms with E-state index in [9.17, 15) is 19.2 Å². The summed E-state index contributed by atoms with van der Waals surface area (Å²) in [6, 6.07) is 26.8. The molecule has 3 aromatic rings. The Balaban J connectivity index is 1.40. The number of carbonyl (C=O) groups is 4. The van der Waals surface area contributed by atoms with Crippen molar-refractivity contribution in [2.24, 2.45) is 0 Å². The smallest absolute Gasteiger partial charge is 0.356 e. The number of fused-ring (bicyclic) bond motifs is 1. The molecule has 5 rings (SSSR count). The molecule has 0 saturated carbocycles. The molecule has 2 amide bonds. The van der Waals surface area contributed by atoms with Crippen molar-refractivity contribution in [2.75, 3.05) is 12.9 Å². The van der Waals surface area contributed by atoms with Gasteiger partial charge in [0.2, 0.25) is 5.91 Å². The lowest BCUT2D eigenvalue weighted by Crippen LogP contribution is -2.71. The predicted octanol–water partition coefficient (Wildman–Crippen LogP) is 3.39. The van der Waals surface area contributed by atoms with E-state index in [-0.39, 0.29) is 29.4 Å². The largest absolute Gasteiger partial charge is 0.466 e. The standard InChI is InChI=1S/C30H26N2O6S/c1-37-29(35)22-18-39-28-24(31-23(33)17-19-11-5-2-6-12-19)27(34)32(28)25(22)30(36)38-26(20-13-7-3-8-14-20)21-15-9-4-10-16-21/h2-16,24,26,28H,17-18H2,1H3,(H,31,33)/t24?,28-/m0/s1. The number of ether oxygens (including phenoxy) is 2. The van der Waals surface area contributed by atoms with E-state index in [0.717, 1.165) is 16.7 Å². The highest BCUT2D eigenvalue weighted by Crippen LogP contribution is 2.42. The minimum atomic E-state index is -0.827. The molecule has 9 heteroatoms. The van der Waals surface area contributed by atoms with Crippen molar-refractivity contribution in [2.45, 2.75) is 23.9 Å². The lowest BCUT2D eigenvalue weighted by molar-refractivity contribution is -0.155.